The average Bonchev–Trinajstić information content (AvgIpc) is 2.92. The minimum absolute atomic E-state index is 0.0389. The maximum atomic E-state index is 11.7. The highest BCUT2D eigenvalue weighted by Crippen LogP contribution is 2.25. The van der Waals surface area contributed by atoms with E-state index in [4.69, 9.17) is 18.9 Å². The van der Waals surface area contributed by atoms with Crippen molar-refractivity contribution in [3.8, 4) is 0 Å². The Morgan fingerprint density at radius 3 is 2.86 bits per heavy atom. The Bertz CT molecular complexity index is 573. The molecule has 0 aromatic heterocycles. The number of carbonyl (C=O) groups excluding carboxylic acids is 2. The molecule has 0 aliphatic carbocycles. The first kappa shape index (κ1) is 14.2. The molecule has 0 spiro atoms. The van der Waals surface area contributed by atoms with Gasteiger partial charge >= 0.3 is 12.2 Å². The average molecular weight is 305 g/mol. The molecule has 1 saturated heterocycles. The number of benzene rings is 1. The molecule has 1 aromatic carbocycles. The Labute approximate surface area is 126 Å². The normalized spacial score (nSPS) is 25.5. The lowest BCUT2D eigenvalue weighted by molar-refractivity contribution is -0.0350. The number of hydrogen-bond acceptors (Lipinski definition) is 6. The van der Waals surface area contributed by atoms with Crippen molar-refractivity contribution in [2.75, 3.05) is 6.61 Å². The van der Waals surface area contributed by atoms with Crippen LogP contribution < -0.4 is 5.32 Å². The molecular formula is C15H15NO6. The zero-order valence-corrected chi connectivity index (χ0v) is 11.6. The molecule has 7 nitrogen and oxygen atoms in total. The van der Waals surface area contributed by atoms with Crippen LogP contribution >= 0.6 is 0 Å². The topological polar surface area (TPSA) is 83.1 Å². The van der Waals surface area contributed by atoms with Crippen LogP contribution in [0.5, 0.6) is 0 Å². The van der Waals surface area contributed by atoms with E-state index in [-0.39, 0.29) is 6.61 Å². The van der Waals surface area contributed by atoms with Gasteiger partial charge in [0.05, 0.1) is 6.26 Å². The summed E-state index contributed by atoms with van der Waals surface area (Å²) in [6.45, 7) is 0.331. The molecule has 0 radical (unpaired) electrons. The fraction of sp³-hybridized carbons (Fsp3) is 0.333. The highest BCUT2D eigenvalue weighted by molar-refractivity contribution is 5.67. The van der Waals surface area contributed by atoms with Gasteiger partial charge in [-0.15, -0.1) is 0 Å². The quantitative estimate of drug-likeness (QED) is 0.853. The number of hydrogen-bond donors (Lipinski definition) is 1. The van der Waals surface area contributed by atoms with Gasteiger partial charge in [-0.1, -0.05) is 30.3 Å². The summed E-state index contributed by atoms with van der Waals surface area (Å²) < 4.78 is 20.3. The molecule has 0 bridgehead atoms. The summed E-state index contributed by atoms with van der Waals surface area (Å²) in [6, 6.07) is 9.47. The predicted octanol–water partition coefficient (Wildman–Crippen LogP) is 1.73. The molecule has 1 fully saturated rings. The van der Waals surface area contributed by atoms with Crippen molar-refractivity contribution in [1.82, 2.24) is 5.32 Å². The molecule has 2 aliphatic rings. The van der Waals surface area contributed by atoms with Crippen LogP contribution in [0, 0.1) is 0 Å². The van der Waals surface area contributed by atoms with E-state index in [0.717, 1.165) is 5.56 Å². The Morgan fingerprint density at radius 1 is 1.23 bits per heavy atom. The third kappa shape index (κ3) is 3.30. The highest BCUT2D eigenvalue weighted by Gasteiger charge is 2.44. The van der Waals surface area contributed by atoms with Gasteiger partial charge in [-0.25, -0.2) is 9.59 Å². The molecule has 22 heavy (non-hydrogen) atoms. The summed E-state index contributed by atoms with van der Waals surface area (Å²) in [6.07, 6.45) is 0.0127. The number of nitrogens with one attached hydrogen (secondary N) is 1. The maximum Gasteiger partial charge on any atom is 0.509 e. The second-order valence-corrected chi connectivity index (χ2v) is 4.86. The molecule has 1 N–H and O–H groups in total. The summed E-state index contributed by atoms with van der Waals surface area (Å²) in [7, 11) is 0. The molecular weight excluding hydrogens is 290 g/mol. The van der Waals surface area contributed by atoms with Gasteiger partial charge in [0.2, 0.25) is 0 Å². The van der Waals surface area contributed by atoms with Crippen molar-refractivity contribution in [2.45, 2.75) is 24.9 Å². The molecule has 116 valence electrons. The van der Waals surface area contributed by atoms with Crippen molar-refractivity contribution in [2.24, 2.45) is 0 Å². The molecule has 2 heterocycles. The van der Waals surface area contributed by atoms with E-state index < -0.39 is 30.6 Å². The van der Waals surface area contributed by atoms with E-state index in [0.29, 0.717) is 6.54 Å². The molecule has 1 amide bonds. The van der Waals surface area contributed by atoms with Crippen LogP contribution in [0.4, 0.5) is 9.59 Å². The van der Waals surface area contributed by atoms with E-state index in [1.165, 1.54) is 6.26 Å². The van der Waals surface area contributed by atoms with E-state index in [2.05, 4.69) is 5.32 Å². The third-order valence-electron chi connectivity index (χ3n) is 3.33. The lowest BCUT2D eigenvalue weighted by Gasteiger charge is -2.26. The van der Waals surface area contributed by atoms with Crippen LogP contribution in [0.3, 0.4) is 0 Å². The van der Waals surface area contributed by atoms with Crippen molar-refractivity contribution in [1.29, 1.82) is 0 Å². The molecule has 0 saturated carbocycles. The Morgan fingerprint density at radius 2 is 2.05 bits per heavy atom. The second kappa shape index (κ2) is 6.38. The lowest BCUT2D eigenvalue weighted by atomic mass is 10.1. The second-order valence-electron chi connectivity index (χ2n) is 4.86. The molecule has 1 unspecified atom stereocenters. The number of carbonyl (C=O) groups is 2. The zero-order valence-electron chi connectivity index (χ0n) is 11.6. The number of rotatable bonds is 4. The van der Waals surface area contributed by atoms with Crippen molar-refractivity contribution in [3.05, 3.63) is 48.2 Å². The smallest absolute Gasteiger partial charge is 0.491 e. The lowest BCUT2D eigenvalue weighted by Crippen LogP contribution is -2.42. The maximum absolute atomic E-state index is 11.7. The fourth-order valence-corrected chi connectivity index (χ4v) is 2.23. The van der Waals surface area contributed by atoms with Gasteiger partial charge in [0.25, 0.3) is 0 Å². The number of ether oxygens (including phenoxy) is 4. The van der Waals surface area contributed by atoms with Gasteiger partial charge in [0, 0.05) is 6.54 Å². The molecule has 3 atom stereocenters. The summed E-state index contributed by atoms with van der Waals surface area (Å²) in [5, 5.41) is 2.63. The summed E-state index contributed by atoms with van der Waals surface area (Å²) in [4.78, 5) is 22.8. The number of fused-ring (bicyclic) bond motifs is 1. The van der Waals surface area contributed by atoms with Crippen LogP contribution in [0.1, 0.15) is 5.56 Å². The molecule has 2 aliphatic heterocycles. The summed E-state index contributed by atoms with van der Waals surface area (Å²) >= 11 is 0. The first-order valence-electron chi connectivity index (χ1n) is 6.86. The monoisotopic (exact) mass is 305 g/mol. The Hall–Kier alpha value is -2.70. The summed E-state index contributed by atoms with van der Waals surface area (Å²) in [5.41, 5.74) is 0.967. The molecule has 3 rings (SSSR count). The van der Waals surface area contributed by atoms with Crippen LogP contribution in [0.15, 0.2) is 42.7 Å². The highest BCUT2D eigenvalue weighted by atomic mass is 16.8. The van der Waals surface area contributed by atoms with Crippen molar-refractivity contribution in [3.63, 3.8) is 0 Å². The van der Waals surface area contributed by atoms with Crippen LogP contribution in [-0.4, -0.2) is 37.2 Å². The molecule has 7 heteroatoms. The number of amides is 1. The van der Waals surface area contributed by atoms with Crippen LogP contribution in [0.25, 0.3) is 0 Å². The van der Waals surface area contributed by atoms with Crippen LogP contribution in [0.2, 0.25) is 0 Å². The standard InChI is InChI=1S/C15H15NO6/c17-14(16-8-10-4-2-1-3-5-10)20-9-12-13-11(6-7-19-12)21-15(18)22-13/h1-7,11-13H,8-9H2,(H,16,17)/t11-,12?,13-/m1/s1. The third-order valence-corrected chi connectivity index (χ3v) is 3.33. The zero-order chi connectivity index (χ0) is 15.4. The van der Waals surface area contributed by atoms with Gasteiger partial charge in [0.1, 0.15) is 6.61 Å². The Kier molecular flexibility index (Phi) is 4.13. The van der Waals surface area contributed by atoms with Gasteiger partial charge in [-0.05, 0) is 11.6 Å². The largest absolute Gasteiger partial charge is 0.509 e. The predicted molar refractivity (Wildman–Crippen MR) is 73.8 cm³/mol. The van der Waals surface area contributed by atoms with E-state index in [1.54, 1.807) is 6.08 Å². The van der Waals surface area contributed by atoms with E-state index in [1.807, 2.05) is 30.3 Å². The first-order chi connectivity index (χ1) is 10.7. The molecule has 1 aromatic rings. The minimum atomic E-state index is -0.747. The van der Waals surface area contributed by atoms with E-state index in [9.17, 15) is 9.59 Å². The SMILES string of the molecule is O=C(NCc1ccccc1)OCC1OC=C[C@H]2OC(=O)O[C@@H]12. The van der Waals surface area contributed by atoms with Crippen molar-refractivity contribution < 1.29 is 28.5 Å². The summed E-state index contributed by atoms with van der Waals surface area (Å²) in [5.74, 6) is 0. The Balaban J connectivity index is 1.45. The van der Waals surface area contributed by atoms with Crippen LogP contribution in [-0.2, 0) is 25.5 Å². The first-order valence-corrected chi connectivity index (χ1v) is 6.86. The van der Waals surface area contributed by atoms with Gasteiger partial charge < -0.3 is 24.3 Å². The van der Waals surface area contributed by atoms with E-state index >= 15 is 0 Å². The van der Waals surface area contributed by atoms with Crippen molar-refractivity contribution >= 4 is 12.2 Å². The van der Waals surface area contributed by atoms with Gasteiger partial charge in [0.15, 0.2) is 18.3 Å². The minimum Gasteiger partial charge on any atom is -0.491 e. The van der Waals surface area contributed by atoms with Gasteiger partial charge in [-0.2, -0.15) is 0 Å². The fourth-order valence-electron chi connectivity index (χ4n) is 2.23. The van der Waals surface area contributed by atoms with Gasteiger partial charge in [-0.3, -0.25) is 0 Å². The number of alkyl carbamates (subject to hydrolysis) is 1.